The van der Waals surface area contributed by atoms with Crippen molar-refractivity contribution in [3.8, 4) is 17.2 Å². The van der Waals surface area contributed by atoms with Crippen molar-refractivity contribution in [2.45, 2.75) is 12.8 Å². The van der Waals surface area contributed by atoms with Gasteiger partial charge in [-0.25, -0.2) is 4.98 Å². The predicted octanol–water partition coefficient (Wildman–Crippen LogP) is 3.40. The molecule has 0 saturated carbocycles. The SMILES string of the molecule is COc1ccc(C)cc1-c1nc(CCl)co1. The topological polar surface area (TPSA) is 35.3 Å². The van der Waals surface area contributed by atoms with Gasteiger partial charge in [-0.1, -0.05) is 11.6 Å². The zero-order valence-electron chi connectivity index (χ0n) is 9.16. The Kier molecular flexibility index (Phi) is 3.15. The van der Waals surface area contributed by atoms with Gasteiger partial charge >= 0.3 is 0 Å². The molecule has 0 aliphatic carbocycles. The summed E-state index contributed by atoms with van der Waals surface area (Å²) in [7, 11) is 1.62. The lowest BCUT2D eigenvalue weighted by atomic mass is 10.1. The van der Waals surface area contributed by atoms with Crippen LogP contribution in [0.25, 0.3) is 11.5 Å². The Morgan fingerprint density at radius 2 is 2.25 bits per heavy atom. The fourth-order valence-corrected chi connectivity index (χ4v) is 1.60. The van der Waals surface area contributed by atoms with Gasteiger partial charge in [-0.05, 0) is 19.1 Å². The van der Waals surface area contributed by atoms with Crippen molar-refractivity contribution >= 4 is 11.6 Å². The zero-order valence-corrected chi connectivity index (χ0v) is 9.91. The number of aromatic nitrogens is 1. The number of oxazole rings is 1. The number of hydrogen-bond acceptors (Lipinski definition) is 3. The summed E-state index contributed by atoms with van der Waals surface area (Å²) in [6, 6.07) is 5.85. The van der Waals surface area contributed by atoms with E-state index in [2.05, 4.69) is 4.98 Å². The van der Waals surface area contributed by atoms with Gasteiger partial charge in [0.1, 0.15) is 12.0 Å². The first-order chi connectivity index (χ1) is 7.74. The molecule has 4 heteroatoms. The number of aryl methyl sites for hydroxylation is 1. The lowest BCUT2D eigenvalue weighted by Gasteiger charge is -2.05. The van der Waals surface area contributed by atoms with E-state index >= 15 is 0 Å². The number of halogens is 1. The van der Waals surface area contributed by atoms with Gasteiger partial charge in [0, 0.05) is 0 Å². The standard InChI is InChI=1S/C12H12ClNO2/c1-8-3-4-11(15-2)10(5-8)12-14-9(6-13)7-16-12/h3-5,7H,6H2,1-2H3. The van der Waals surface area contributed by atoms with Crippen LogP contribution in [0.2, 0.25) is 0 Å². The van der Waals surface area contributed by atoms with Crippen molar-refractivity contribution in [1.29, 1.82) is 0 Å². The molecule has 0 aliphatic heterocycles. The van der Waals surface area contributed by atoms with Crippen LogP contribution in [-0.2, 0) is 5.88 Å². The second kappa shape index (κ2) is 4.58. The van der Waals surface area contributed by atoms with Gasteiger partial charge in [-0.3, -0.25) is 0 Å². The lowest BCUT2D eigenvalue weighted by molar-refractivity contribution is 0.414. The van der Waals surface area contributed by atoms with E-state index < -0.39 is 0 Å². The molecule has 0 radical (unpaired) electrons. The van der Waals surface area contributed by atoms with Crippen molar-refractivity contribution in [2.75, 3.05) is 7.11 Å². The fraction of sp³-hybridized carbons (Fsp3) is 0.250. The van der Waals surface area contributed by atoms with Gasteiger partial charge in [0.05, 0.1) is 24.2 Å². The summed E-state index contributed by atoms with van der Waals surface area (Å²) >= 11 is 5.68. The van der Waals surface area contributed by atoms with Gasteiger partial charge in [0.25, 0.3) is 0 Å². The van der Waals surface area contributed by atoms with E-state index in [1.807, 2.05) is 25.1 Å². The average molecular weight is 238 g/mol. The molecule has 0 bridgehead atoms. The van der Waals surface area contributed by atoms with Crippen LogP contribution >= 0.6 is 11.6 Å². The largest absolute Gasteiger partial charge is 0.496 e. The number of benzene rings is 1. The fourth-order valence-electron chi connectivity index (χ4n) is 1.48. The van der Waals surface area contributed by atoms with Crippen LogP contribution in [0.15, 0.2) is 28.9 Å². The molecule has 0 unspecified atom stereocenters. The first kappa shape index (κ1) is 11.0. The van der Waals surface area contributed by atoms with E-state index in [9.17, 15) is 0 Å². The van der Waals surface area contributed by atoms with Gasteiger partial charge in [-0.2, -0.15) is 0 Å². The Morgan fingerprint density at radius 3 is 2.88 bits per heavy atom. The Hall–Kier alpha value is -1.48. The highest BCUT2D eigenvalue weighted by atomic mass is 35.5. The molecule has 0 atom stereocenters. The molecule has 1 aromatic heterocycles. The van der Waals surface area contributed by atoms with Crippen molar-refractivity contribution in [2.24, 2.45) is 0 Å². The van der Waals surface area contributed by atoms with Crippen LogP contribution in [0.1, 0.15) is 11.3 Å². The summed E-state index contributed by atoms with van der Waals surface area (Å²) in [5, 5.41) is 0. The summed E-state index contributed by atoms with van der Waals surface area (Å²) in [4.78, 5) is 4.27. The third-order valence-electron chi connectivity index (χ3n) is 2.27. The molecule has 0 spiro atoms. The summed E-state index contributed by atoms with van der Waals surface area (Å²) in [5.41, 5.74) is 2.69. The van der Waals surface area contributed by atoms with E-state index in [1.54, 1.807) is 13.4 Å². The number of alkyl halides is 1. The average Bonchev–Trinajstić information content (AvgIpc) is 2.77. The molecular formula is C12H12ClNO2. The minimum absolute atomic E-state index is 0.345. The Balaban J connectivity index is 2.49. The van der Waals surface area contributed by atoms with Gasteiger partial charge < -0.3 is 9.15 Å². The second-order valence-corrected chi connectivity index (χ2v) is 3.75. The molecule has 0 fully saturated rings. The molecule has 84 valence electrons. The van der Waals surface area contributed by atoms with Crippen LogP contribution in [-0.4, -0.2) is 12.1 Å². The molecule has 2 aromatic rings. The highest BCUT2D eigenvalue weighted by molar-refractivity contribution is 6.16. The molecule has 0 saturated heterocycles. The van der Waals surface area contributed by atoms with E-state index in [4.69, 9.17) is 20.8 Å². The monoisotopic (exact) mass is 237 g/mol. The van der Waals surface area contributed by atoms with Crippen molar-refractivity contribution in [3.63, 3.8) is 0 Å². The Bertz CT molecular complexity index is 494. The first-order valence-corrected chi connectivity index (χ1v) is 5.43. The number of ether oxygens (including phenoxy) is 1. The molecule has 3 nitrogen and oxygen atoms in total. The third kappa shape index (κ3) is 2.04. The molecular weight excluding hydrogens is 226 g/mol. The van der Waals surface area contributed by atoms with Gasteiger partial charge in [0.2, 0.25) is 5.89 Å². The van der Waals surface area contributed by atoms with Gasteiger partial charge in [-0.15, -0.1) is 11.6 Å². The number of hydrogen-bond donors (Lipinski definition) is 0. The maximum atomic E-state index is 5.68. The number of methoxy groups -OCH3 is 1. The molecule has 0 N–H and O–H groups in total. The Morgan fingerprint density at radius 1 is 1.44 bits per heavy atom. The summed E-state index contributed by atoms with van der Waals surface area (Å²) < 4.78 is 10.6. The smallest absolute Gasteiger partial charge is 0.229 e. The van der Waals surface area contributed by atoms with Crippen LogP contribution in [0, 0.1) is 6.92 Å². The van der Waals surface area contributed by atoms with E-state index in [-0.39, 0.29) is 0 Å². The highest BCUT2D eigenvalue weighted by Crippen LogP contribution is 2.30. The molecule has 0 amide bonds. The van der Waals surface area contributed by atoms with Crippen LogP contribution < -0.4 is 4.74 Å². The zero-order chi connectivity index (χ0) is 11.5. The molecule has 2 rings (SSSR count). The van der Waals surface area contributed by atoms with E-state index in [0.717, 1.165) is 22.6 Å². The minimum Gasteiger partial charge on any atom is -0.496 e. The minimum atomic E-state index is 0.345. The molecule has 16 heavy (non-hydrogen) atoms. The van der Waals surface area contributed by atoms with Crippen molar-refractivity contribution < 1.29 is 9.15 Å². The summed E-state index contributed by atoms with van der Waals surface area (Å²) in [6.07, 6.45) is 1.56. The van der Waals surface area contributed by atoms with Crippen LogP contribution in [0.5, 0.6) is 5.75 Å². The normalized spacial score (nSPS) is 10.4. The summed E-state index contributed by atoms with van der Waals surface area (Å²) in [5.74, 6) is 1.63. The maximum Gasteiger partial charge on any atom is 0.229 e. The number of nitrogens with zero attached hydrogens (tertiary/aromatic N) is 1. The lowest BCUT2D eigenvalue weighted by Crippen LogP contribution is -1.89. The van der Waals surface area contributed by atoms with Gasteiger partial charge in [0.15, 0.2) is 0 Å². The summed E-state index contributed by atoms with van der Waals surface area (Å²) in [6.45, 7) is 2.01. The van der Waals surface area contributed by atoms with Crippen molar-refractivity contribution in [1.82, 2.24) is 4.98 Å². The second-order valence-electron chi connectivity index (χ2n) is 3.48. The Labute approximate surface area is 99.0 Å². The van der Waals surface area contributed by atoms with E-state index in [1.165, 1.54) is 0 Å². The predicted molar refractivity (Wildman–Crippen MR) is 62.8 cm³/mol. The molecule has 1 heterocycles. The quantitative estimate of drug-likeness (QED) is 0.768. The number of rotatable bonds is 3. The van der Waals surface area contributed by atoms with Crippen molar-refractivity contribution in [3.05, 3.63) is 35.7 Å². The maximum absolute atomic E-state index is 5.68. The molecule has 0 aliphatic rings. The molecule has 1 aromatic carbocycles. The van der Waals surface area contributed by atoms with Crippen LogP contribution in [0.3, 0.4) is 0 Å². The highest BCUT2D eigenvalue weighted by Gasteiger charge is 2.11. The first-order valence-electron chi connectivity index (χ1n) is 4.90. The third-order valence-corrected chi connectivity index (χ3v) is 2.55. The van der Waals surface area contributed by atoms with E-state index in [0.29, 0.717) is 11.8 Å². The van der Waals surface area contributed by atoms with Crippen LogP contribution in [0.4, 0.5) is 0 Å².